The van der Waals surface area contributed by atoms with Crippen LogP contribution < -0.4 is 0 Å². The molecule has 0 aromatic heterocycles. The molecule has 0 heterocycles. The molecule has 0 spiro atoms. The molecule has 4 atom stereocenters. The van der Waals surface area contributed by atoms with Gasteiger partial charge < -0.3 is 0 Å². The predicted molar refractivity (Wildman–Crippen MR) is 59.6 cm³/mol. The molecule has 4 rings (SSSR count). The molecule has 0 aromatic rings. The SMILES string of the molecule is N#CC1(C#N)C2C=CC(C3C=CC32)C1(C#N)C#N. The number of hydrogen-bond acceptors (Lipinski definition) is 4. The Balaban J connectivity index is 2.34. The molecular formula is C14H8N4. The third-order valence-electron chi connectivity index (χ3n) is 4.68. The van der Waals surface area contributed by atoms with Crippen LogP contribution in [0.2, 0.25) is 0 Å². The molecule has 0 saturated heterocycles. The first kappa shape index (κ1) is 10.6. The maximum Gasteiger partial charge on any atom is 0.182 e. The van der Waals surface area contributed by atoms with Gasteiger partial charge in [-0.3, -0.25) is 0 Å². The van der Waals surface area contributed by atoms with Gasteiger partial charge in [-0.2, -0.15) is 21.0 Å². The van der Waals surface area contributed by atoms with Crippen LogP contribution in [0.25, 0.3) is 0 Å². The summed E-state index contributed by atoms with van der Waals surface area (Å²) < 4.78 is 0. The first-order valence-electron chi connectivity index (χ1n) is 5.72. The van der Waals surface area contributed by atoms with E-state index in [1.807, 2.05) is 48.6 Å². The monoisotopic (exact) mass is 232 g/mol. The Labute approximate surface area is 105 Å². The van der Waals surface area contributed by atoms with Crippen molar-refractivity contribution in [3.8, 4) is 24.3 Å². The third kappa shape index (κ3) is 0.756. The lowest BCUT2D eigenvalue weighted by Gasteiger charge is -2.57. The van der Waals surface area contributed by atoms with Gasteiger partial charge in [-0.25, -0.2) is 0 Å². The molecule has 2 bridgehead atoms. The van der Waals surface area contributed by atoms with Gasteiger partial charge >= 0.3 is 0 Å². The fourth-order valence-corrected chi connectivity index (χ4v) is 3.67. The summed E-state index contributed by atoms with van der Waals surface area (Å²) in [5, 5.41) is 37.8. The number of allylic oxidation sites excluding steroid dienone is 4. The number of rotatable bonds is 0. The van der Waals surface area contributed by atoms with Gasteiger partial charge in [-0.15, -0.1) is 0 Å². The van der Waals surface area contributed by atoms with Crippen molar-refractivity contribution in [1.29, 1.82) is 21.0 Å². The van der Waals surface area contributed by atoms with Gasteiger partial charge in [0, 0.05) is 11.8 Å². The number of hydrogen-bond donors (Lipinski definition) is 0. The minimum absolute atomic E-state index is 0.120. The van der Waals surface area contributed by atoms with Crippen molar-refractivity contribution in [2.45, 2.75) is 0 Å². The number of fused-ring (bicyclic) bond motifs is 1. The Morgan fingerprint density at radius 1 is 0.611 bits per heavy atom. The summed E-state index contributed by atoms with van der Waals surface area (Å²) in [5.74, 6) is -0.471. The van der Waals surface area contributed by atoms with E-state index in [4.69, 9.17) is 0 Å². The second kappa shape index (κ2) is 3.01. The molecule has 0 N–H and O–H groups in total. The first-order chi connectivity index (χ1) is 8.70. The van der Waals surface area contributed by atoms with Crippen molar-refractivity contribution in [2.24, 2.45) is 34.5 Å². The molecule has 4 unspecified atom stereocenters. The second-order valence-corrected chi connectivity index (χ2v) is 5.04. The molecule has 0 radical (unpaired) electrons. The molecule has 4 heteroatoms. The van der Waals surface area contributed by atoms with Gasteiger partial charge in [-0.1, -0.05) is 24.3 Å². The van der Waals surface area contributed by atoms with Crippen molar-refractivity contribution in [3.63, 3.8) is 0 Å². The summed E-state index contributed by atoms with van der Waals surface area (Å²) in [6, 6.07) is 7.94. The van der Waals surface area contributed by atoms with Gasteiger partial charge in [0.15, 0.2) is 10.8 Å². The van der Waals surface area contributed by atoms with Crippen LogP contribution in [-0.4, -0.2) is 0 Å². The lowest BCUT2D eigenvalue weighted by Crippen LogP contribution is -2.61. The van der Waals surface area contributed by atoms with E-state index in [9.17, 15) is 21.0 Å². The standard InChI is InChI=1S/C14H8N4/c15-5-13(6-16)11-3-4-12(10-2-1-9(10)11)14(13,7-17)8-18/h1-4,9-12H. The smallest absolute Gasteiger partial charge is 0.182 e. The Morgan fingerprint density at radius 3 is 1.17 bits per heavy atom. The highest BCUT2D eigenvalue weighted by Gasteiger charge is 2.71. The van der Waals surface area contributed by atoms with Crippen molar-refractivity contribution in [1.82, 2.24) is 0 Å². The summed E-state index contributed by atoms with van der Waals surface area (Å²) in [7, 11) is 0. The lowest BCUT2D eigenvalue weighted by molar-refractivity contribution is 0.00894. The van der Waals surface area contributed by atoms with Crippen molar-refractivity contribution in [2.75, 3.05) is 0 Å². The predicted octanol–water partition coefficient (Wildman–Crippen LogP) is 1.67. The summed E-state index contributed by atoms with van der Waals surface area (Å²) in [6.45, 7) is 0. The largest absolute Gasteiger partial charge is 0.196 e. The molecule has 4 aliphatic rings. The van der Waals surface area contributed by atoms with E-state index < -0.39 is 10.8 Å². The van der Waals surface area contributed by atoms with Crippen LogP contribution in [0.15, 0.2) is 24.3 Å². The summed E-state index contributed by atoms with van der Waals surface area (Å²) in [4.78, 5) is 0. The van der Waals surface area contributed by atoms with E-state index in [2.05, 4.69) is 0 Å². The van der Waals surface area contributed by atoms with E-state index in [-0.39, 0.29) is 23.7 Å². The average Bonchev–Trinajstić information content (AvgIpc) is 2.37. The summed E-state index contributed by atoms with van der Waals surface area (Å²) >= 11 is 0. The normalized spacial score (nSPS) is 39.3. The van der Waals surface area contributed by atoms with Crippen molar-refractivity contribution >= 4 is 0 Å². The molecule has 18 heavy (non-hydrogen) atoms. The fourth-order valence-electron chi connectivity index (χ4n) is 3.67. The molecule has 0 aromatic carbocycles. The highest BCUT2D eigenvalue weighted by molar-refractivity contribution is 5.48. The fraction of sp³-hybridized carbons (Fsp3) is 0.429. The molecule has 0 aliphatic heterocycles. The van der Waals surface area contributed by atoms with Crippen molar-refractivity contribution in [3.05, 3.63) is 24.3 Å². The number of nitrogens with zero attached hydrogens (tertiary/aromatic N) is 4. The van der Waals surface area contributed by atoms with Gasteiger partial charge in [0.2, 0.25) is 0 Å². The van der Waals surface area contributed by atoms with Crippen molar-refractivity contribution < 1.29 is 0 Å². The minimum atomic E-state index is -1.55. The maximum absolute atomic E-state index is 9.46. The Bertz CT molecular complexity index is 559. The van der Waals surface area contributed by atoms with Crippen LogP contribution in [0.3, 0.4) is 0 Å². The molecule has 84 valence electrons. The Hall–Kier alpha value is -2.56. The van der Waals surface area contributed by atoms with Crippen LogP contribution in [0.1, 0.15) is 0 Å². The molecule has 0 amide bonds. The second-order valence-electron chi connectivity index (χ2n) is 5.04. The summed E-state index contributed by atoms with van der Waals surface area (Å²) in [5.41, 5.74) is -3.11. The molecule has 4 nitrogen and oxygen atoms in total. The molecule has 4 aliphatic carbocycles. The van der Waals surface area contributed by atoms with E-state index in [1.54, 1.807) is 0 Å². The average molecular weight is 232 g/mol. The molecule has 1 fully saturated rings. The highest BCUT2D eigenvalue weighted by atomic mass is 14.7. The van der Waals surface area contributed by atoms with Crippen LogP contribution in [-0.2, 0) is 0 Å². The van der Waals surface area contributed by atoms with Crippen LogP contribution >= 0.6 is 0 Å². The zero-order valence-electron chi connectivity index (χ0n) is 9.41. The van der Waals surface area contributed by atoms with E-state index in [1.165, 1.54) is 0 Å². The zero-order valence-corrected chi connectivity index (χ0v) is 9.41. The van der Waals surface area contributed by atoms with Gasteiger partial charge in [-0.05, 0) is 11.8 Å². The van der Waals surface area contributed by atoms with E-state index >= 15 is 0 Å². The van der Waals surface area contributed by atoms with E-state index in [0.29, 0.717) is 0 Å². The zero-order chi connectivity index (χ0) is 13.0. The highest BCUT2D eigenvalue weighted by Crippen LogP contribution is 2.66. The molecular weight excluding hydrogens is 224 g/mol. The quantitative estimate of drug-likeness (QED) is 0.593. The minimum Gasteiger partial charge on any atom is -0.196 e. The van der Waals surface area contributed by atoms with Crippen LogP contribution in [0, 0.1) is 79.8 Å². The first-order valence-corrected chi connectivity index (χ1v) is 5.72. The van der Waals surface area contributed by atoms with Gasteiger partial charge in [0.25, 0.3) is 0 Å². The third-order valence-corrected chi connectivity index (χ3v) is 4.68. The lowest BCUT2D eigenvalue weighted by atomic mass is 9.39. The number of nitriles is 4. The molecule has 1 saturated carbocycles. The van der Waals surface area contributed by atoms with Crippen LogP contribution in [0.4, 0.5) is 0 Å². The van der Waals surface area contributed by atoms with Gasteiger partial charge in [0.05, 0.1) is 24.3 Å². The Kier molecular flexibility index (Phi) is 1.77. The maximum atomic E-state index is 9.46. The van der Waals surface area contributed by atoms with E-state index in [0.717, 1.165) is 0 Å². The topological polar surface area (TPSA) is 95.2 Å². The summed E-state index contributed by atoms with van der Waals surface area (Å²) in [6.07, 6.45) is 7.64. The Morgan fingerprint density at radius 2 is 0.944 bits per heavy atom. The van der Waals surface area contributed by atoms with Gasteiger partial charge in [0.1, 0.15) is 0 Å². The van der Waals surface area contributed by atoms with Crippen LogP contribution in [0.5, 0.6) is 0 Å².